The fraction of sp³-hybridized carbons (Fsp3) is 0.533. The highest BCUT2D eigenvalue weighted by atomic mass is 79.9. The quantitative estimate of drug-likeness (QED) is 0.850. The van der Waals surface area contributed by atoms with Crippen LogP contribution in [0.25, 0.3) is 0 Å². The summed E-state index contributed by atoms with van der Waals surface area (Å²) in [6, 6.07) is 5.38. The molecule has 0 atom stereocenters. The maximum Gasteiger partial charge on any atom is 0.231 e. The molecule has 1 aliphatic carbocycles. The third kappa shape index (κ3) is 3.35. The lowest BCUT2D eigenvalue weighted by atomic mass is 9.70. The molecule has 5 heteroatoms. The second-order valence-electron chi connectivity index (χ2n) is 5.75. The highest BCUT2D eigenvalue weighted by Crippen LogP contribution is 2.39. The summed E-state index contributed by atoms with van der Waals surface area (Å²) in [4.78, 5) is 12.6. The summed E-state index contributed by atoms with van der Waals surface area (Å²) in [6.07, 6.45) is 3.86. The lowest BCUT2D eigenvalue weighted by molar-refractivity contribution is -0.127. The maximum absolute atomic E-state index is 12.6. The molecular weight excluding hydrogens is 340 g/mol. The molecule has 0 aromatic heterocycles. The van der Waals surface area contributed by atoms with E-state index in [0.29, 0.717) is 17.5 Å². The molecule has 0 heterocycles. The van der Waals surface area contributed by atoms with E-state index in [1.807, 2.05) is 6.07 Å². The maximum atomic E-state index is 12.6. The van der Waals surface area contributed by atoms with Crippen LogP contribution in [0.2, 0.25) is 5.02 Å². The lowest BCUT2D eigenvalue weighted by Crippen LogP contribution is -2.44. The van der Waals surface area contributed by atoms with E-state index in [2.05, 4.69) is 28.2 Å². The standard InChI is InChI=1S/C15H20BrClN2O/c1-10-4-6-15(9-18,7-5-10)14(20)19-11-2-3-13(17)12(16)8-11/h2-3,8,10H,4-7,9,18H2,1H3,(H,19,20). The minimum atomic E-state index is -0.418. The topological polar surface area (TPSA) is 55.1 Å². The number of hydrogen-bond donors (Lipinski definition) is 2. The Morgan fingerprint density at radius 3 is 2.70 bits per heavy atom. The first-order valence-corrected chi connectivity index (χ1v) is 8.10. The number of rotatable bonds is 3. The number of halogens is 2. The van der Waals surface area contributed by atoms with Gasteiger partial charge in [0.05, 0.1) is 10.4 Å². The Bertz CT molecular complexity index is 499. The highest BCUT2D eigenvalue weighted by molar-refractivity contribution is 9.10. The molecule has 1 amide bonds. The zero-order valence-corrected chi connectivity index (χ0v) is 13.9. The number of nitrogens with one attached hydrogen (secondary N) is 1. The number of amides is 1. The van der Waals surface area contributed by atoms with Crippen molar-refractivity contribution in [2.24, 2.45) is 17.1 Å². The predicted octanol–water partition coefficient (Wildman–Crippen LogP) is 4.20. The van der Waals surface area contributed by atoms with Crippen molar-refractivity contribution in [3.63, 3.8) is 0 Å². The fourth-order valence-corrected chi connectivity index (χ4v) is 3.17. The van der Waals surface area contributed by atoms with Gasteiger partial charge in [-0.3, -0.25) is 4.79 Å². The van der Waals surface area contributed by atoms with Crippen molar-refractivity contribution in [2.45, 2.75) is 32.6 Å². The van der Waals surface area contributed by atoms with Crippen LogP contribution >= 0.6 is 27.5 Å². The molecule has 2 rings (SSSR count). The number of carbonyl (C=O) groups is 1. The van der Waals surface area contributed by atoms with E-state index in [0.717, 1.165) is 35.8 Å². The average molecular weight is 360 g/mol. The van der Waals surface area contributed by atoms with Crippen LogP contribution in [0.3, 0.4) is 0 Å². The third-order valence-corrected chi connectivity index (χ3v) is 5.50. The third-order valence-electron chi connectivity index (χ3n) is 4.28. The van der Waals surface area contributed by atoms with E-state index in [1.54, 1.807) is 12.1 Å². The van der Waals surface area contributed by atoms with Crippen LogP contribution in [0.15, 0.2) is 22.7 Å². The van der Waals surface area contributed by atoms with Crippen LogP contribution < -0.4 is 11.1 Å². The summed E-state index contributed by atoms with van der Waals surface area (Å²) in [5.74, 6) is 0.716. The van der Waals surface area contributed by atoms with Crippen LogP contribution in [0.4, 0.5) is 5.69 Å². The second-order valence-corrected chi connectivity index (χ2v) is 7.01. The van der Waals surface area contributed by atoms with Crippen molar-refractivity contribution in [3.8, 4) is 0 Å². The summed E-state index contributed by atoms with van der Waals surface area (Å²) in [7, 11) is 0. The average Bonchev–Trinajstić information content (AvgIpc) is 2.44. The molecule has 0 bridgehead atoms. The van der Waals surface area contributed by atoms with Crippen molar-refractivity contribution < 1.29 is 4.79 Å². The predicted molar refractivity (Wildman–Crippen MR) is 86.9 cm³/mol. The van der Waals surface area contributed by atoms with Crippen LogP contribution in [0.1, 0.15) is 32.6 Å². The van der Waals surface area contributed by atoms with Crippen LogP contribution in [0.5, 0.6) is 0 Å². The zero-order chi connectivity index (χ0) is 14.8. The largest absolute Gasteiger partial charge is 0.329 e. The molecule has 110 valence electrons. The van der Waals surface area contributed by atoms with E-state index >= 15 is 0 Å². The van der Waals surface area contributed by atoms with Gasteiger partial charge in [0.15, 0.2) is 0 Å². The van der Waals surface area contributed by atoms with Crippen molar-refractivity contribution in [1.29, 1.82) is 0 Å². The molecular formula is C15H20BrClN2O. The minimum Gasteiger partial charge on any atom is -0.329 e. The van der Waals surface area contributed by atoms with E-state index in [4.69, 9.17) is 17.3 Å². The molecule has 1 aliphatic rings. The molecule has 0 aliphatic heterocycles. The fourth-order valence-electron chi connectivity index (χ4n) is 2.68. The number of hydrogen-bond acceptors (Lipinski definition) is 2. The summed E-state index contributed by atoms with van der Waals surface area (Å²) in [5, 5.41) is 3.61. The Hall–Kier alpha value is -0.580. The van der Waals surface area contributed by atoms with Gasteiger partial charge in [0.1, 0.15) is 0 Å². The van der Waals surface area contributed by atoms with Crippen molar-refractivity contribution in [2.75, 3.05) is 11.9 Å². The SMILES string of the molecule is CC1CCC(CN)(C(=O)Nc2ccc(Cl)c(Br)c2)CC1. The molecule has 1 fully saturated rings. The van der Waals surface area contributed by atoms with Gasteiger partial charge >= 0.3 is 0 Å². The Kier molecular flexibility index (Phi) is 5.10. The van der Waals surface area contributed by atoms with E-state index in [-0.39, 0.29) is 5.91 Å². The molecule has 1 aromatic carbocycles. The molecule has 0 saturated heterocycles. The Morgan fingerprint density at radius 1 is 1.50 bits per heavy atom. The summed E-state index contributed by atoms with van der Waals surface area (Å²) >= 11 is 9.32. The molecule has 3 nitrogen and oxygen atoms in total. The van der Waals surface area contributed by atoms with Gasteiger partial charge in [-0.2, -0.15) is 0 Å². The highest BCUT2D eigenvalue weighted by Gasteiger charge is 2.39. The normalized spacial score (nSPS) is 26.3. The van der Waals surface area contributed by atoms with Crippen molar-refractivity contribution in [3.05, 3.63) is 27.7 Å². The summed E-state index contributed by atoms with van der Waals surface area (Å²) in [6.45, 7) is 2.63. The number of anilines is 1. The molecule has 3 N–H and O–H groups in total. The number of carbonyl (C=O) groups excluding carboxylic acids is 1. The lowest BCUT2D eigenvalue weighted by Gasteiger charge is -2.37. The monoisotopic (exact) mass is 358 g/mol. The number of nitrogens with two attached hydrogens (primary N) is 1. The first-order chi connectivity index (χ1) is 9.47. The second kappa shape index (κ2) is 6.46. The summed E-state index contributed by atoms with van der Waals surface area (Å²) in [5.41, 5.74) is 6.23. The molecule has 0 spiro atoms. The van der Waals surface area contributed by atoms with Gasteiger partial charge in [-0.05, 0) is 65.7 Å². The molecule has 20 heavy (non-hydrogen) atoms. The van der Waals surface area contributed by atoms with Crippen LogP contribution in [-0.4, -0.2) is 12.5 Å². The molecule has 1 saturated carbocycles. The van der Waals surface area contributed by atoms with Crippen LogP contribution in [-0.2, 0) is 4.79 Å². The van der Waals surface area contributed by atoms with Gasteiger partial charge < -0.3 is 11.1 Å². The van der Waals surface area contributed by atoms with Gasteiger partial charge in [0.2, 0.25) is 5.91 Å². The molecule has 0 unspecified atom stereocenters. The Morgan fingerprint density at radius 2 is 2.15 bits per heavy atom. The van der Waals surface area contributed by atoms with Crippen molar-refractivity contribution in [1.82, 2.24) is 0 Å². The van der Waals surface area contributed by atoms with Crippen LogP contribution in [0, 0.1) is 11.3 Å². The van der Waals surface area contributed by atoms with Gasteiger partial charge in [-0.15, -0.1) is 0 Å². The van der Waals surface area contributed by atoms with Crippen molar-refractivity contribution >= 4 is 39.1 Å². The van der Waals surface area contributed by atoms with E-state index in [1.165, 1.54) is 0 Å². The van der Waals surface area contributed by atoms with E-state index < -0.39 is 5.41 Å². The van der Waals surface area contributed by atoms with E-state index in [9.17, 15) is 4.79 Å². The van der Waals surface area contributed by atoms with Gasteiger partial charge in [-0.25, -0.2) is 0 Å². The van der Waals surface area contributed by atoms with Gasteiger partial charge in [0, 0.05) is 16.7 Å². The van der Waals surface area contributed by atoms with Gasteiger partial charge in [0.25, 0.3) is 0 Å². The Balaban J connectivity index is 2.11. The van der Waals surface area contributed by atoms with Gasteiger partial charge in [-0.1, -0.05) is 18.5 Å². The molecule has 0 radical (unpaired) electrons. The first-order valence-electron chi connectivity index (χ1n) is 6.93. The first kappa shape index (κ1) is 15.8. The number of benzene rings is 1. The smallest absolute Gasteiger partial charge is 0.231 e. The minimum absolute atomic E-state index is 0.0288. The summed E-state index contributed by atoms with van der Waals surface area (Å²) < 4.78 is 0.774. The Labute approximate surface area is 133 Å². The zero-order valence-electron chi connectivity index (χ0n) is 11.6. The molecule has 1 aromatic rings.